The summed E-state index contributed by atoms with van der Waals surface area (Å²) in [6.45, 7) is 4.96. The minimum Gasteiger partial charge on any atom is -0.481 e. The minimum atomic E-state index is -0.521. The number of fused-ring (bicyclic) bond motifs is 2. The van der Waals surface area contributed by atoms with Gasteiger partial charge in [0.15, 0.2) is 11.5 Å². The molecule has 0 unspecified atom stereocenters. The Bertz CT molecular complexity index is 1190. The number of methoxy groups -OCH3 is 1. The number of aromatic nitrogens is 2. The highest BCUT2D eigenvalue weighted by Gasteiger charge is 2.33. The molecule has 1 saturated heterocycles. The summed E-state index contributed by atoms with van der Waals surface area (Å²) in [5.74, 6) is 2.08. The van der Waals surface area contributed by atoms with E-state index in [1.54, 1.807) is 31.5 Å². The van der Waals surface area contributed by atoms with E-state index in [0.29, 0.717) is 29.4 Å². The smallest absolute Gasteiger partial charge is 0.412 e. The molecule has 1 amide bonds. The maximum atomic E-state index is 12.7. The quantitative estimate of drug-likeness (QED) is 0.585. The van der Waals surface area contributed by atoms with E-state index < -0.39 is 11.7 Å². The minimum absolute atomic E-state index is 0.291. The number of nitrogens with zero attached hydrogens (tertiary/aromatic N) is 3. The number of likely N-dealkylation sites (tertiary alicyclic amines) is 1. The third-order valence-corrected chi connectivity index (χ3v) is 6.41. The molecule has 2 aliphatic heterocycles. The maximum absolute atomic E-state index is 12.7. The van der Waals surface area contributed by atoms with E-state index in [0.717, 1.165) is 50.4 Å². The Morgan fingerprint density at radius 1 is 1.15 bits per heavy atom. The fourth-order valence-corrected chi connectivity index (χ4v) is 4.32. The van der Waals surface area contributed by atoms with Gasteiger partial charge in [-0.25, -0.2) is 9.78 Å². The Morgan fingerprint density at radius 2 is 1.97 bits per heavy atom. The van der Waals surface area contributed by atoms with Crippen LogP contribution in [0.25, 0.3) is 11.0 Å². The van der Waals surface area contributed by atoms with Crippen molar-refractivity contribution in [3.8, 4) is 17.4 Å². The molecule has 0 radical (unpaired) electrons. The van der Waals surface area contributed by atoms with Crippen LogP contribution >= 0.6 is 0 Å². The van der Waals surface area contributed by atoms with Crippen LogP contribution in [0.1, 0.15) is 25.3 Å². The van der Waals surface area contributed by atoms with E-state index >= 15 is 0 Å². The van der Waals surface area contributed by atoms with Crippen molar-refractivity contribution in [2.24, 2.45) is 0 Å². The maximum Gasteiger partial charge on any atom is 0.412 e. The number of pyridine rings is 2. The highest BCUT2D eigenvalue weighted by Crippen LogP contribution is 2.33. The molecule has 0 aliphatic carbocycles. The normalized spacial score (nSPS) is 16.9. The first kappa shape index (κ1) is 22.2. The van der Waals surface area contributed by atoms with E-state index in [1.165, 1.54) is 5.56 Å². The van der Waals surface area contributed by atoms with E-state index in [9.17, 15) is 4.79 Å². The summed E-state index contributed by atoms with van der Waals surface area (Å²) in [6.07, 6.45) is 3.61. The third kappa shape index (κ3) is 4.84. The van der Waals surface area contributed by atoms with Crippen molar-refractivity contribution in [1.29, 1.82) is 0 Å². The number of hydrogen-bond donors (Lipinski definition) is 1. The van der Waals surface area contributed by atoms with Gasteiger partial charge in [0.05, 0.1) is 18.3 Å². The molecule has 0 bridgehead atoms. The molecule has 0 atom stereocenters. The van der Waals surface area contributed by atoms with Gasteiger partial charge in [0.2, 0.25) is 12.7 Å². The molecule has 2 aliphatic rings. The zero-order valence-electron chi connectivity index (χ0n) is 19.4. The van der Waals surface area contributed by atoms with Crippen LogP contribution in [0, 0.1) is 0 Å². The molecule has 1 fully saturated rings. The van der Waals surface area contributed by atoms with Gasteiger partial charge >= 0.3 is 6.09 Å². The number of carbonyl (C=O) groups excluding carboxylic acids is 1. The number of piperidine rings is 1. The Labute approximate surface area is 198 Å². The molecule has 2 aromatic heterocycles. The van der Waals surface area contributed by atoms with Crippen molar-refractivity contribution < 1.29 is 23.7 Å². The number of rotatable bonds is 6. The van der Waals surface area contributed by atoms with Crippen LogP contribution < -0.4 is 19.5 Å². The summed E-state index contributed by atoms with van der Waals surface area (Å²) in [4.78, 5) is 23.8. The highest BCUT2D eigenvalue weighted by atomic mass is 16.7. The molecule has 9 heteroatoms. The fraction of sp³-hybridized carbons (Fsp3) is 0.400. The third-order valence-electron chi connectivity index (χ3n) is 6.41. The first-order valence-corrected chi connectivity index (χ1v) is 11.4. The summed E-state index contributed by atoms with van der Waals surface area (Å²) >= 11 is 0. The van der Waals surface area contributed by atoms with Gasteiger partial charge in [0.1, 0.15) is 11.1 Å². The van der Waals surface area contributed by atoms with Gasteiger partial charge in [0, 0.05) is 31.9 Å². The zero-order valence-corrected chi connectivity index (χ0v) is 19.4. The van der Waals surface area contributed by atoms with Gasteiger partial charge in [-0.3, -0.25) is 10.3 Å². The Hall–Kier alpha value is -3.59. The summed E-state index contributed by atoms with van der Waals surface area (Å²) in [5.41, 5.74) is 2.47. The number of benzene rings is 1. The van der Waals surface area contributed by atoms with Gasteiger partial charge in [-0.05, 0) is 56.0 Å². The first-order chi connectivity index (χ1) is 16.5. The van der Waals surface area contributed by atoms with E-state index in [-0.39, 0.29) is 0 Å². The topological polar surface area (TPSA) is 95.0 Å². The van der Waals surface area contributed by atoms with Crippen molar-refractivity contribution >= 4 is 22.8 Å². The lowest BCUT2D eigenvalue weighted by Gasteiger charge is -2.38. The monoisotopic (exact) mass is 464 g/mol. The number of nitrogens with one attached hydrogen (secondary N) is 1. The molecule has 178 valence electrons. The lowest BCUT2D eigenvalue weighted by Crippen LogP contribution is -2.46. The predicted molar refractivity (Wildman–Crippen MR) is 127 cm³/mol. The molecule has 4 heterocycles. The van der Waals surface area contributed by atoms with Crippen molar-refractivity contribution in [1.82, 2.24) is 14.9 Å². The van der Waals surface area contributed by atoms with Crippen molar-refractivity contribution in [2.45, 2.75) is 31.8 Å². The van der Waals surface area contributed by atoms with E-state index in [1.807, 2.05) is 13.0 Å². The Morgan fingerprint density at radius 3 is 2.79 bits per heavy atom. The largest absolute Gasteiger partial charge is 0.481 e. The molecular formula is C25H28N4O5. The van der Waals surface area contributed by atoms with Crippen LogP contribution in [0.15, 0.2) is 42.6 Å². The summed E-state index contributed by atoms with van der Waals surface area (Å²) < 4.78 is 21.9. The summed E-state index contributed by atoms with van der Waals surface area (Å²) in [6, 6.07) is 11.3. The van der Waals surface area contributed by atoms with Crippen LogP contribution in [-0.2, 0) is 11.2 Å². The van der Waals surface area contributed by atoms with Crippen LogP contribution in [0.3, 0.4) is 0 Å². The Balaban J connectivity index is 1.14. The van der Waals surface area contributed by atoms with Crippen LogP contribution in [0.5, 0.6) is 17.4 Å². The number of ether oxygens (including phenoxy) is 4. The summed E-state index contributed by atoms with van der Waals surface area (Å²) in [5, 5.41) is 2.83. The predicted octanol–water partition coefficient (Wildman–Crippen LogP) is 4.01. The number of anilines is 1. The zero-order chi connectivity index (χ0) is 23.5. The van der Waals surface area contributed by atoms with E-state index in [2.05, 4.69) is 32.3 Å². The van der Waals surface area contributed by atoms with Gasteiger partial charge in [0.25, 0.3) is 0 Å². The van der Waals surface area contributed by atoms with Gasteiger partial charge in [-0.1, -0.05) is 6.07 Å². The van der Waals surface area contributed by atoms with Crippen molar-refractivity contribution in [2.75, 3.05) is 38.9 Å². The fourth-order valence-electron chi connectivity index (χ4n) is 4.32. The Kier molecular flexibility index (Phi) is 6.10. The number of amides is 1. The van der Waals surface area contributed by atoms with Gasteiger partial charge in [-0.2, -0.15) is 0 Å². The van der Waals surface area contributed by atoms with Gasteiger partial charge < -0.3 is 23.8 Å². The second kappa shape index (κ2) is 9.34. The average Bonchev–Trinajstić information content (AvgIpc) is 3.31. The molecule has 0 saturated carbocycles. The second-order valence-corrected chi connectivity index (χ2v) is 8.82. The van der Waals surface area contributed by atoms with Crippen LogP contribution in [0.4, 0.5) is 10.5 Å². The molecule has 1 aromatic carbocycles. The standard InChI is InChI=1S/C25H28N4O5/c1-25(34-24(30)27-19-7-11-26-18-4-6-22(31-2)28-23(18)19)9-13-29(14-10-25)12-8-17-3-5-20-21(15-17)33-16-32-20/h3-7,11,15H,8-10,12-14,16H2,1-2H3,(H,26,27,30). The molecular weight excluding hydrogens is 436 g/mol. The van der Waals surface area contributed by atoms with Crippen molar-refractivity contribution in [3.05, 3.63) is 48.2 Å². The molecule has 9 nitrogen and oxygen atoms in total. The number of hydrogen-bond acceptors (Lipinski definition) is 8. The molecule has 0 spiro atoms. The molecule has 3 aromatic rings. The SMILES string of the molecule is COc1ccc2nccc(NC(=O)OC3(C)CCN(CCc4ccc5c(c4)OCO5)CC3)c2n1. The lowest BCUT2D eigenvalue weighted by atomic mass is 9.93. The van der Waals surface area contributed by atoms with Crippen molar-refractivity contribution in [3.63, 3.8) is 0 Å². The van der Waals surface area contributed by atoms with E-state index in [4.69, 9.17) is 18.9 Å². The summed E-state index contributed by atoms with van der Waals surface area (Å²) in [7, 11) is 1.55. The average molecular weight is 465 g/mol. The number of carbonyl (C=O) groups is 1. The highest BCUT2D eigenvalue weighted by molar-refractivity contribution is 5.96. The first-order valence-electron chi connectivity index (χ1n) is 11.4. The van der Waals surface area contributed by atoms with Gasteiger partial charge in [-0.15, -0.1) is 0 Å². The van der Waals surface area contributed by atoms with Crippen LogP contribution in [-0.4, -0.2) is 60.1 Å². The molecule has 34 heavy (non-hydrogen) atoms. The molecule has 1 N–H and O–H groups in total. The van der Waals surface area contributed by atoms with Crippen LogP contribution in [0.2, 0.25) is 0 Å². The second-order valence-electron chi connectivity index (χ2n) is 8.82. The molecule has 5 rings (SSSR count). The lowest BCUT2D eigenvalue weighted by molar-refractivity contribution is -0.0158.